The summed E-state index contributed by atoms with van der Waals surface area (Å²) in [5, 5.41) is 2.70. The SMILES string of the molecule is Nc1ccc(Cn2cnc3c(Nc4cccc(F)c4)nc(C(F)(F)F)nc32)cc1. The second-order valence-electron chi connectivity index (χ2n) is 6.32. The Hall–Kier alpha value is -3.69. The number of benzene rings is 2. The molecular weight excluding hydrogens is 388 g/mol. The third-order valence-corrected chi connectivity index (χ3v) is 4.14. The van der Waals surface area contributed by atoms with Crippen molar-refractivity contribution in [2.45, 2.75) is 12.7 Å². The molecule has 3 N–H and O–H groups in total. The maximum absolute atomic E-state index is 13.4. The van der Waals surface area contributed by atoms with Gasteiger partial charge in [0.25, 0.3) is 0 Å². The molecule has 0 saturated carbocycles. The lowest BCUT2D eigenvalue weighted by Gasteiger charge is -2.11. The molecule has 6 nitrogen and oxygen atoms in total. The van der Waals surface area contributed by atoms with Crippen LogP contribution in [0.5, 0.6) is 0 Å². The Morgan fingerprint density at radius 3 is 2.48 bits per heavy atom. The van der Waals surface area contributed by atoms with Crippen LogP contribution >= 0.6 is 0 Å². The van der Waals surface area contributed by atoms with Gasteiger partial charge in [0.1, 0.15) is 5.82 Å². The summed E-state index contributed by atoms with van der Waals surface area (Å²) in [6, 6.07) is 12.2. The van der Waals surface area contributed by atoms with E-state index in [-0.39, 0.29) is 29.2 Å². The van der Waals surface area contributed by atoms with Crippen molar-refractivity contribution in [3.8, 4) is 0 Å². The third kappa shape index (κ3) is 3.96. The van der Waals surface area contributed by atoms with Gasteiger partial charge in [-0.3, -0.25) is 0 Å². The number of rotatable bonds is 4. The molecule has 0 aliphatic carbocycles. The van der Waals surface area contributed by atoms with Gasteiger partial charge in [0.2, 0.25) is 5.82 Å². The Morgan fingerprint density at radius 1 is 1.03 bits per heavy atom. The predicted octanol–water partition coefficient (Wildman–Crippen LogP) is 4.36. The summed E-state index contributed by atoms with van der Waals surface area (Å²) in [7, 11) is 0. The highest BCUT2D eigenvalue weighted by Gasteiger charge is 2.36. The first-order valence-corrected chi connectivity index (χ1v) is 8.47. The zero-order chi connectivity index (χ0) is 20.6. The van der Waals surface area contributed by atoms with E-state index in [1.807, 2.05) is 0 Å². The molecule has 4 rings (SSSR count). The molecule has 0 aliphatic heterocycles. The van der Waals surface area contributed by atoms with Crippen molar-refractivity contribution in [3.63, 3.8) is 0 Å². The van der Waals surface area contributed by atoms with Gasteiger partial charge in [-0.05, 0) is 35.9 Å². The number of nitrogens with zero attached hydrogens (tertiary/aromatic N) is 4. The molecule has 0 unspecified atom stereocenters. The Balaban J connectivity index is 1.80. The monoisotopic (exact) mass is 402 g/mol. The lowest BCUT2D eigenvalue weighted by atomic mass is 10.2. The van der Waals surface area contributed by atoms with Crippen LogP contribution in [0.3, 0.4) is 0 Å². The molecule has 2 heterocycles. The number of anilines is 3. The van der Waals surface area contributed by atoms with Gasteiger partial charge in [-0.15, -0.1) is 0 Å². The van der Waals surface area contributed by atoms with Crippen LogP contribution in [0.4, 0.5) is 34.8 Å². The molecule has 0 atom stereocenters. The maximum Gasteiger partial charge on any atom is 0.451 e. The van der Waals surface area contributed by atoms with E-state index >= 15 is 0 Å². The van der Waals surface area contributed by atoms with E-state index in [2.05, 4.69) is 20.3 Å². The van der Waals surface area contributed by atoms with Crippen molar-refractivity contribution in [2.24, 2.45) is 0 Å². The second-order valence-corrected chi connectivity index (χ2v) is 6.32. The largest absolute Gasteiger partial charge is 0.451 e. The molecular formula is C19H14F4N6. The van der Waals surface area contributed by atoms with E-state index in [9.17, 15) is 17.6 Å². The van der Waals surface area contributed by atoms with Gasteiger partial charge in [0.05, 0.1) is 12.9 Å². The molecule has 4 aromatic rings. The van der Waals surface area contributed by atoms with Crippen molar-refractivity contribution in [3.05, 3.63) is 72.1 Å². The van der Waals surface area contributed by atoms with Crippen molar-refractivity contribution in [1.82, 2.24) is 19.5 Å². The number of aromatic nitrogens is 4. The average Bonchev–Trinajstić information content (AvgIpc) is 3.06. The summed E-state index contributed by atoms with van der Waals surface area (Å²) in [5.74, 6) is -2.02. The lowest BCUT2D eigenvalue weighted by Crippen LogP contribution is -2.14. The highest BCUT2D eigenvalue weighted by atomic mass is 19.4. The molecule has 10 heteroatoms. The van der Waals surface area contributed by atoms with E-state index in [0.717, 1.165) is 11.6 Å². The van der Waals surface area contributed by atoms with Gasteiger partial charge in [0.15, 0.2) is 17.0 Å². The van der Waals surface area contributed by atoms with E-state index in [4.69, 9.17) is 5.73 Å². The van der Waals surface area contributed by atoms with Gasteiger partial charge in [-0.25, -0.2) is 19.3 Å². The van der Waals surface area contributed by atoms with Crippen molar-refractivity contribution < 1.29 is 17.6 Å². The standard InChI is InChI=1S/C19H14F4N6/c20-12-2-1-3-14(8-12)26-16-15-17(28-18(27-16)19(21,22)23)29(10-25-15)9-11-4-6-13(24)7-5-11/h1-8,10H,9,24H2,(H,26,27,28). The molecule has 148 valence electrons. The molecule has 2 aromatic carbocycles. The summed E-state index contributed by atoms with van der Waals surface area (Å²) in [4.78, 5) is 11.4. The molecule has 0 amide bonds. The minimum Gasteiger partial charge on any atom is -0.399 e. The Labute approximate surface area is 162 Å². The zero-order valence-electron chi connectivity index (χ0n) is 14.8. The number of alkyl halides is 3. The average molecular weight is 402 g/mol. The molecule has 0 bridgehead atoms. The van der Waals surface area contributed by atoms with Crippen molar-refractivity contribution in [1.29, 1.82) is 0 Å². The zero-order valence-corrected chi connectivity index (χ0v) is 14.8. The number of nitrogen functional groups attached to an aromatic ring is 1. The Kier molecular flexibility index (Phi) is 4.53. The van der Waals surface area contributed by atoms with Gasteiger partial charge < -0.3 is 15.6 Å². The molecule has 0 saturated heterocycles. The highest BCUT2D eigenvalue weighted by molar-refractivity contribution is 5.85. The lowest BCUT2D eigenvalue weighted by molar-refractivity contribution is -0.144. The number of fused-ring (bicyclic) bond motifs is 1. The van der Waals surface area contributed by atoms with Crippen LogP contribution in [0.15, 0.2) is 54.9 Å². The molecule has 2 aromatic heterocycles. The fraction of sp³-hybridized carbons (Fsp3) is 0.105. The minimum atomic E-state index is -4.76. The summed E-state index contributed by atoms with van der Waals surface area (Å²) >= 11 is 0. The van der Waals surface area contributed by atoms with E-state index in [0.29, 0.717) is 5.69 Å². The fourth-order valence-corrected chi connectivity index (χ4v) is 2.80. The fourth-order valence-electron chi connectivity index (χ4n) is 2.80. The van der Waals surface area contributed by atoms with E-state index in [1.54, 1.807) is 24.3 Å². The number of imidazole rings is 1. The van der Waals surface area contributed by atoms with Crippen LogP contribution in [-0.2, 0) is 12.7 Å². The first kappa shape index (κ1) is 18.7. The predicted molar refractivity (Wildman–Crippen MR) is 100.0 cm³/mol. The number of halogens is 4. The summed E-state index contributed by atoms with van der Waals surface area (Å²) < 4.78 is 55.0. The normalized spacial score (nSPS) is 11.7. The smallest absolute Gasteiger partial charge is 0.399 e. The summed E-state index contributed by atoms with van der Waals surface area (Å²) in [6.07, 6.45) is -3.38. The van der Waals surface area contributed by atoms with Crippen LogP contribution < -0.4 is 11.1 Å². The van der Waals surface area contributed by atoms with Crippen molar-refractivity contribution in [2.75, 3.05) is 11.1 Å². The first-order valence-electron chi connectivity index (χ1n) is 8.47. The summed E-state index contributed by atoms with van der Waals surface area (Å²) in [6.45, 7) is 0.241. The Bertz CT molecular complexity index is 1170. The maximum atomic E-state index is 13.4. The van der Waals surface area contributed by atoms with Crippen LogP contribution in [0, 0.1) is 5.82 Å². The number of hydrogen-bond acceptors (Lipinski definition) is 5. The summed E-state index contributed by atoms with van der Waals surface area (Å²) in [5.41, 5.74) is 7.43. The van der Waals surface area contributed by atoms with Gasteiger partial charge in [-0.1, -0.05) is 18.2 Å². The molecule has 0 spiro atoms. The van der Waals surface area contributed by atoms with Crippen molar-refractivity contribution >= 4 is 28.4 Å². The Morgan fingerprint density at radius 2 is 1.79 bits per heavy atom. The van der Waals surface area contributed by atoms with Crippen LogP contribution in [0.1, 0.15) is 11.4 Å². The van der Waals surface area contributed by atoms with Crippen LogP contribution in [-0.4, -0.2) is 19.5 Å². The van der Waals surface area contributed by atoms with E-state index < -0.39 is 17.8 Å². The number of hydrogen-bond donors (Lipinski definition) is 2. The van der Waals surface area contributed by atoms with Gasteiger partial charge >= 0.3 is 6.18 Å². The highest BCUT2D eigenvalue weighted by Crippen LogP contribution is 2.31. The second kappa shape index (κ2) is 7.04. The molecule has 0 radical (unpaired) electrons. The van der Waals surface area contributed by atoms with E-state index in [1.165, 1.54) is 29.1 Å². The minimum absolute atomic E-state index is 0.00283. The molecule has 0 aliphatic rings. The number of nitrogens with two attached hydrogens (primary N) is 1. The van der Waals surface area contributed by atoms with Gasteiger partial charge in [-0.2, -0.15) is 13.2 Å². The first-order chi connectivity index (χ1) is 13.8. The molecule has 29 heavy (non-hydrogen) atoms. The third-order valence-electron chi connectivity index (χ3n) is 4.14. The number of nitrogens with one attached hydrogen (secondary N) is 1. The quantitative estimate of drug-likeness (QED) is 0.392. The van der Waals surface area contributed by atoms with Gasteiger partial charge in [0, 0.05) is 11.4 Å². The topological polar surface area (TPSA) is 81.7 Å². The molecule has 0 fully saturated rings. The van der Waals surface area contributed by atoms with Crippen LogP contribution in [0.25, 0.3) is 11.2 Å². The van der Waals surface area contributed by atoms with Crippen LogP contribution in [0.2, 0.25) is 0 Å².